The van der Waals surface area contributed by atoms with Gasteiger partial charge in [-0.3, -0.25) is 0 Å². The molecule has 0 saturated carbocycles. The zero-order valence-corrected chi connectivity index (χ0v) is 7.01. The monoisotopic (exact) mass is 178 g/mol. The molecule has 0 unspecified atom stereocenters. The number of aliphatic hydroxyl groups is 1. The summed E-state index contributed by atoms with van der Waals surface area (Å²) in [6.07, 6.45) is 0. The quantitative estimate of drug-likeness (QED) is 0.410. The molecule has 2 rings (SSSR count). The van der Waals surface area contributed by atoms with Crippen LogP contribution in [0.25, 0.3) is 21.5 Å². The van der Waals surface area contributed by atoms with E-state index in [2.05, 4.69) is 39.3 Å². The fourth-order valence-electron chi connectivity index (χ4n) is 0.893. The first kappa shape index (κ1) is 9.38. The standard InChI is InChI=1S/C6H5N.C2H5N3O/c1-2-6-4-3-5(1)7-6;3-5-4-1-2-6/h1-4,7H;6H,1-2H2. The van der Waals surface area contributed by atoms with Crippen LogP contribution >= 0.6 is 0 Å². The molecule has 2 heterocycles. The van der Waals surface area contributed by atoms with Crippen LogP contribution in [0.3, 0.4) is 0 Å². The van der Waals surface area contributed by atoms with E-state index in [4.69, 9.17) is 10.6 Å². The molecule has 0 saturated heterocycles. The van der Waals surface area contributed by atoms with Gasteiger partial charge in [0, 0.05) is 29.1 Å². The normalized spacial score (nSPS) is 9.00. The maximum absolute atomic E-state index is 7.93. The van der Waals surface area contributed by atoms with Crippen molar-refractivity contribution >= 4 is 11.0 Å². The number of aliphatic hydroxyl groups excluding tert-OH is 1. The molecule has 0 radical (unpaired) electrons. The van der Waals surface area contributed by atoms with Gasteiger partial charge in [0.25, 0.3) is 0 Å². The van der Waals surface area contributed by atoms with E-state index in [1.54, 1.807) is 0 Å². The lowest BCUT2D eigenvalue weighted by Crippen LogP contribution is -1.82. The molecule has 0 amide bonds. The third-order valence-corrected chi connectivity index (χ3v) is 1.44. The molecule has 13 heavy (non-hydrogen) atoms. The van der Waals surface area contributed by atoms with Gasteiger partial charge >= 0.3 is 0 Å². The maximum Gasteiger partial charge on any atom is 0.0490 e. The van der Waals surface area contributed by atoms with Gasteiger partial charge in [0.15, 0.2) is 0 Å². The van der Waals surface area contributed by atoms with Gasteiger partial charge < -0.3 is 10.1 Å². The van der Waals surface area contributed by atoms with Crippen molar-refractivity contribution in [3.05, 3.63) is 34.7 Å². The van der Waals surface area contributed by atoms with Crippen LogP contribution in [0.5, 0.6) is 0 Å². The average Bonchev–Trinajstić information content (AvgIpc) is 2.79. The Labute approximate surface area is 75.0 Å². The summed E-state index contributed by atoms with van der Waals surface area (Å²) in [5, 5.41) is 11.0. The first-order valence-corrected chi connectivity index (χ1v) is 3.85. The van der Waals surface area contributed by atoms with Crippen molar-refractivity contribution in [2.45, 2.75) is 0 Å². The van der Waals surface area contributed by atoms with E-state index in [1.807, 2.05) is 0 Å². The van der Waals surface area contributed by atoms with Gasteiger partial charge in [-0.1, -0.05) is 5.11 Å². The molecule has 0 fully saturated rings. The van der Waals surface area contributed by atoms with Crippen LogP contribution in [0.15, 0.2) is 29.4 Å². The highest BCUT2D eigenvalue weighted by atomic mass is 16.3. The number of hydrogen-bond acceptors (Lipinski definition) is 2. The third kappa shape index (κ3) is 3.02. The zero-order chi connectivity index (χ0) is 9.52. The predicted molar refractivity (Wildman–Crippen MR) is 50.6 cm³/mol. The Bertz CT molecular complexity index is 332. The molecule has 68 valence electrons. The van der Waals surface area contributed by atoms with Crippen LogP contribution in [-0.4, -0.2) is 23.2 Å². The molecule has 0 aliphatic rings. The SMILES string of the molecule is [N-]=[N+]=NCCO.c1cc2ccc1[nH]2. The summed E-state index contributed by atoms with van der Waals surface area (Å²) in [5.41, 5.74) is 9.98. The first-order chi connectivity index (χ1) is 6.36. The molecule has 0 aromatic carbocycles. The van der Waals surface area contributed by atoms with Crippen molar-refractivity contribution in [1.29, 1.82) is 0 Å². The number of aromatic amines is 1. The Hall–Kier alpha value is -1.71. The van der Waals surface area contributed by atoms with E-state index in [0.717, 1.165) is 0 Å². The lowest BCUT2D eigenvalue weighted by Gasteiger charge is -1.72. The van der Waals surface area contributed by atoms with Crippen molar-refractivity contribution in [2.24, 2.45) is 5.11 Å². The molecule has 2 aromatic rings. The Balaban J connectivity index is 0.000000133. The maximum atomic E-state index is 7.93. The zero-order valence-electron chi connectivity index (χ0n) is 7.01. The minimum atomic E-state index is -0.0654. The number of H-pyrrole nitrogens is 1. The second-order valence-electron chi connectivity index (χ2n) is 2.38. The molecular weight excluding hydrogens is 168 g/mol. The number of benzene rings is 1. The van der Waals surface area contributed by atoms with Gasteiger partial charge in [0.1, 0.15) is 0 Å². The van der Waals surface area contributed by atoms with Crippen LogP contribution in [0.4, 0.5) is 0 Å². The lowest BCUT2D eigenvalue weighted by atomic mass is 10.4. The summed E-state index contributed by atoms with van der Waals surface area (Å²) in [6.45, 7) is 0.112. The van der Waals surface area contributed by atoms with E-state index >= 15 is 0 Å². The Kier molecular flexibility index (Phi) is 3.63. The third-order valence-electron chi connectivity index (χ3n) is 1.44. The number of azide groups is 1. The smallest absolute Gasteiger partial charge is 0.0490 e. The number of nitrogens with one attached hydrogen (secondary N) is 1. The molecule has 2 aromatic heterocycles. The van der Waals surface area contributed by atoms with Crippen molar-refractivity contribution in [3.63, 3.8) is 0 Å². The van der Waals surface area contributed by atoms with Crippen LogP contribution < -0.4 is 0 Å². The number of hydrogen-bond donors (Lipinski definition) is 2. The number of aromatic nitrogens is 1. The number of rotatable bonds is 2. The second-order valence-corrected chi connectivity index (χ2v) is 2.38. The molecule has 2 bridgehead atoms. The minimum Gasteiger partial charge on any atom is -0.396 e. The Morgan fingerprint density at radius 2 is 1.85 bits per heavy atom. The fourth-order valence-corrected chi connectivity index (χ4v) is 0.893. The highest BCUT2D eigenvalue weighted by molar-refractivity contribution is 5.64. The van der Waals surface area contributed by atoms with Crippen molar-refractivity contribution in [3.8, 4) is 0 Å². The second kappa shape index (κ2) is 5.03. The lowest BCUT2D eigenvalue weighted by molar-refractivity contribution is 0.306. The summed E-state index contributed by atoms with van der Waals surface area (Å²) in [5.74, 6) is 0. The van der Waals surface area contributed by atoms with E-state index in [-0.39, 0.29) is 13.2 Å². The molecule has 5 heteroatoms. The summed E-state index contributed by atoms with van der Waals surface area (Å²) in [6, 6.07) is 8.26. The fraction of sp³-hybridized carbons (Fsp3) is 0.250. The average molecular weight is 178 g/mol. The van der Waals surface area contributed by atoms with Crippen LogP contribution in [0.2, 0.25) is 0 Å². The van der Waals surface area contributed by atoms with E-state index in [0.29, 0.717) is 0 Å². The largest absolute Gasteiger partial charge is 0.396 e. The van der Waals surface area contributed by atoms with Crippen molar-refractivity contribution < 1.29 is 5.11 Å². The van der Waals surface area contributed by atoms with E-state index in [1.165, 1.54) is 11.0 Å². The molecule has 0 aliphatic heterocycles. The molecule has 0 atom stereocenters. The number of nitrogens with zero attached hydrogens (tertiary/aromatic N) is 3. The predicted octanol–water partition coefficient (Wildman–Crippen LogP) is 1.89. The summed E-state index contributed by atoms with van der Waals surface area (Å²) >= 11 is 0. The van der Waals surface area contributed by atoms with Crippen molar-refractivity contribution in [2.75, 3.05) is 13.2 Å². The summed E-state index contributed by atoms with van der Waals surface area (Å²) < 4.78 is 0. The molecular formula is C8H10N4O. The van der Waals surface area contributed by atoms with Gasteiger partial charge in [0.2, 0.25) is 0 Å². The minimum absolute atomic E-state index is 0.0654. The molecule has 5 nitrogen and oxygen atoms in total. The summed E-state index contributed by atoms with van der Waals surface area (Å²) in [7, 11) is 0. The van der Waals surface area contributed by atoms with Gasteiger partial charge in [-0.25, -0.2) is 0 Å². The first-order valence-electron chi connectivity index (χ1n) is 3.85. The topological polar surface area (TPSA) is 84.8 Å². The summed E-state index contributed by atoms with van der Waals surface area (Å²) in [4.78, 5) is 5.53. The van der Waals surface area contributed by atoms with Gasteiger partial charge in [-0.15, -0.1) is 0 Å². The van der Waals surface area contributed by atoms with Crippen molar-refractivity contribution in [1.82, 2.24) is 4.98 Å². The molecule has 0 aliphatic carbocycles. The Morgan fingerprint density at radius 3 is 2.00 bits per heavy atom. The van der Waals surface area contributed by atoms with E-state index < -0.39 is 0 Å². The molecule has 0 spiro atoms. The Morgan fingerprint density at radius 1 is 1.31 bits per heavy atom. The van der Waals surface area contributed by atoms with Gasteiger partial charge in [-0.2, -0.15) is 0 Å². The number of fused-ring (bicyclic) bond motifs is 2. The van der Waals surface area contributed by atoms with Gasteiger partial charge in [-0.05, 0) is 29.8 Å². The molecule has 2 N–H and O–H groups in total. The van der Waals surface area contributed by atoms with Crippen LogP contribution in [0.1, 0.15) is 0 Å². The highest BCUT2D eigenvalue weighted by Gasteiger charge is 1.87. The van der Waals surface area contributed by atoms with E-state index in [9.17, 15) is 0 Å². The van der Waals surface area contributed by atoms with Gasteiger partial charge in [0.05, 0.1) is 0 Å². The highest BCUT2D eigenvalue weighted by Crippen LogP contribution is 2.07. The van der Waals surface area contributed by atoms with Crippen LogP contribution in [0, 0.1) is 0 Å². The van der Waals surface area contributed by atoms with Crippen LogP contribution in [-0.2, 0) is 0 Å².